The summed E-state index contributed by atoms with van der Waals surface area (Å²) in [6.07, 6.45) is 77.3. The SMILES string of the molecule is CCCCCCCCCCCCCCCCCCC(CCCCCCCCCCCCCCCCCC)(CSCCC(=O)OCCCCCCCCCCCCCC)C(=O)OCCCCCCCCCCCCCC. The third kappa shape index (κ3) is 56.4. The number of hydrogen-bond donors (Lipinski definition) is 0. The number of thioether (sulfide) groups is 1. The van der Waals surface area contributed by atoms with Gasteiger partial charge in [-0.2, -0.15) is 11.8 Å². The van der Waals surface area contributed by atoms with Crippen LogP contribution in [0.5, 0.6) is 0 Å². The lowest BCUT2D eigenvalue weighted by molar-refractivity contribution is -0.155. The average molecular weight is 1080 g/mol. The molecule has 0 amide bonds. The van der Waals surface area contributed by atoms with Gasteiger partial charge in [0, 0.05) is 11.5 Å². The molecule has 0 aliphatic heterocycles. The molecule has 0 aliphatic rings. The number of carbonyl (C=O) groups excluding carboxylic acids is 2. The molecule has 0 fully saturated rings. The van der Waals surface area contributed by atoms with Gasteiger partial charge < -0.3 is 9.47 Å². The third-order valence-electron chi connectivity index (χ3n) is 16.8. The Hall–Kier alpha value is -0.710. The van der Waals surface area contributed by atoms with Crippen molar-refractivity contribution >= 4 is 23.7 Å². The molecule has 0 saturated carbocycles. The first-order valence-electron chi connectivity index (χ1n) is 35.0. The Bertz CT molecular complexity index is 1060. The highest BCUT2D eigenvalue weighted by Crippen LogP contribution is 2.38. The van der Waals surface area contributed by atoms with Crippen LogP contribution in [-0.4, -0.2) is 36.7 Å². The van der Waals surface area contributed by atoms with Crippen molar-refractivity contribution < 1.29 is 19.1 Å². The molecule has 0 radical (unpaired) electrons. The minimum Gasteiger partial charge on any atom is -0.466 e. The lowest BCUT2D eigenvalue weighted by Gasteiger charge is -2.32. The Kier molecular flexibility index (Phi) is 63.5. The van der Waals surface area contributed by atoms with Gasteiger partial charge in [-0.25, -0.2) is 0 Å². The Labute approximate surface area is 477 Å². The zero-order chi connectivity index (χ0) is 54.3. The van der Waals surface area contributed by atoms with Crippen LogP contribution in [0.3, 0.4) is 0 Å². The Morgan fingerprint density at radius 3 is 0.747 bits per heavy atom. The quantitative estimate of drug-likeness (QED) is 0.0449. The predicted molar refractivity (Wildman–Crippen MR) is 337 cm³/mol. The molecule has 0 rings (SSSR count). The molecule has 0 saturated heterocycles. The van der Waals surface area contributed by atoms with Crippen LogP contribution in [-0.2, 0) is 19.1 Å². The van der Waals surface area contributed by atoms with E-state index < -0.39 is 5.41 Å². The van der Waals surface area contributed by atoms with Crippen LogP contribution >= 0.6 is 11.8 Å². The highest BCUT2D eigenvalue weighted by Gasteiger charge is 2.39. The van der Waals surface area contributed by atoms with Crippen LogP contribution in [0.25, 0.3) is 0 Å². The zero-order valence-corrected chi connectivity index (χ0v) is 52.9. The van der Waals surface area contributed by atoms with Crippen LogP contribution in [0.15, 0.2) is 0 Å². The number of rotatable bonds is 66. The van der Waals surface area contributed by atoms with Crippen molar-refractivity contribution in [3.8, 4) is 0 Å². The molecule has 5 heteroatoms. The third-order valence-corrected chi connectivity index (χ3v) is 18.0. The highest BCUT2D eigenvalue weighted by molar-refractivity contribution is 7.99. The van der Waals surface area contributed by atoms with Crippen molar-refractivity contribution in [2.75, 3.05) is 24.7 Å². The standard InChI is InChI=1S/C70H138O4S/c1-5-9-13-17-21-25-29-33-35-37-39-41-45-49-53-57-62-70(69(72)74-65-60-56-52-48-44-32-28-24-20-16-12-8-4,63-58-54-50-46-42-40-38-36-34-30-26-22-18-14-10-6-2)67-75-66-61-68(71)73-64-59-55-51-47-43-31-27-23-19-15-11-7-3/h5-67H2,1-4H3. The number of hydrogen-bond acceptors (Lipinski definition) is 5. The van der Waals surface area contributed by atoms with E-state index in [-0.39, 0.29) is 11.9 Å². The molecule has 0 aromatic rings. The van der Waals surface area contributed by atoms with Crippen molar-refractivity contribution in [1.82, 2.24) is 0 Å². The molecule has 75 heavy (non-hydrogen) atoms. The number of esters is 2. The maximum absolute atomic E-state index is 14.5. The summed E-state index contributed by atoms with van der Waals surface area (Å²) in [7, 11) is 0. The highest BCUT2D eigenvalue weighted by atomic mass is 32.2. The first-order chi connectivity index (χ1) is 37.1. The van der Waals surface area contributed by atoms with E-state index in [0.29, 0.717) is 19.6 Å². The number of unbranched alkanes of at least 4 members (excludes halogenated alkanes) is 52. The number of carbonyl (C=O) groups is 2. The van der Waals surface area contributed by atoms with E-state index in [4.69, 9.17) is 9.47 Å². The molecule has 0 aromatic heterocycles. The van der Waals surface area contributed by atoms with Crippen LogP contribution in [0.4, 0.5) is 0 Å². The van der Waals surface area contributed by atoms with E-state index in [1.807, 2.05) is 11.8 Å². The minimum atomic E-state index is -0.452. The van der Waals surface area contributed by atoms with E-state index >= 15 is 0 Å². The topological polar surface area (TPSA) is 52.6 Å². The van der Waals surface area contributed by atoms with Gasteiger partial charge in [-0.3, -0.25) is 9.59 Å². The maximum atomic E-state index is 14.5. The van der Waals surface area contributed by atoms with E-state index in [2.05, 4.69) is 27.7 Å². The molecule has 0 heterocycles. The van der Waals surface area contributed by atoms with Crippen molar-refractivity contribution in [3.05, 3.63) is 0 Å². The lowest BCUT2D eigenvalue weighted by Crippen LogP contribution is -2.36. The van der Waals surface area contributed by atoms with Crippen molar-refractivity contribution in [3.63, 3.8) is 0 Å². The second-order valence-electron chi connectivity index (χ2n) is 24.3. The average Bonchev–Trinajstić information content (AvgIpc) is 3.41. The zero-order valence-electron chi connectivity index (χ0n) is 52.1. The Morgan fingerprint density at radius 2 is 0.493 bits per heavy atom. The smallest absolute Gasteiger partial charge is 0.312 e. The normalized spacial score (nSPS) is 11.8. The first kappa shape index (κ1) is 74.3. The molecular formula is C70H138O4S. The summed E-state index contributed by atoms with van der Waals surface area (Å²) < 4.78 is 12.1. The van der Waals surface area contributed by atoms with Gasteiger partial charge in [0.15, 0.2) is 0 Å². The molecule has 0 atom stereocenters. The fraction of sp³-hybridized carbons (Fsp3) is 0.971. The van der Waals surface area contributed by atoms with E-state index in [1.165, 1.54) is 321 Å². The van der Waals surface area contributed by atoms with Crippen LogP contribution in [0.2, 0.25) is 0 Å². The Morgan fingerprint density at radius 1 is 0.280 bits per heavy atom. The number of ether oxygens (including phenoxy) is 2. The second kappa shape index (κ2) is 64.1. The summed E-state index contributed by atoms with van der Waals surface area (Å²) in [5.41, 5.74) is -0.452. The monoisotopic (exact) mass is 1080 g/mol. The van der Waals surface area contributed by atoms with Gasteiger partial charge in [0.25, 0.3) is 0 Å². The summed E-state index contributed by atoms with van der Waals surface area (Å²) in [4.78, 5) is 27.4. The summed E-state index contributed by atoms with van der Waals surface area (Å²) in [5, 5.41) is 0. The summed E-state index contributed by atoms with van der Waals surface area (Å²) in [6.45, 7) is 10.3. The van der Waals surface area contributed by atoms with Gasteiger partial charge in [-0.1, -0.05) is 374 Å². The van der Waals surface area contributed by atoms with E-state index in [0.717, 1.165) is 62.9 Å². The van der Waals surface area contributed by atoms with Gasteiger partial charge in [-0.15, -0.1) is 0 Å². The molecule has 0 spiro atoms. The summed E-state index contributed by atoms with van der Waals surface area (Å²) in [5.74, 6) is 1.49. The van der Waals surface area contributed by atoms with E-state index in [1.54, 1.807) is 0 Å². The molecule has 4 nitrogen and oxygen atoms in total. The largest absolute Gasteiger partial charge is 0.466 e. The van der Waals surface area contributed by atoms with Crippen molar-refractivity contribution in [2.24, 2.45) is 5.41 Å². The van der Waals surface area contributed by atoms with Crippen molar-refractivity contribution in [1.29, 1.82) is 0 Å². The molecule has 0 unspecified atom stereocenters. The molecule has 0 bridgehead atoms. The van der Waals surface area contributed by atoms with Crippen LogP contribution in [0, 0.1) is 5.41 Å². The van der Waals surface area contributed by atoms with Gasteiger partial charge in [0.1, 0.15) is 0 Å². The Balaban J connectivity index is 5.17. The molecule has 448 valence electrons. The minimum absolute atomic E-state index is 0.0644. The van der Waals surface area contributed by atoms with E-state index in [9.17, 15) is 9.59 Å². The lowest BCUT2D eigenvalue weighted by atomic mass is 9.79. The van der Waals surface area contributed by atoms with Gasteiger partial charge in [0.2, 0.25) is 0 Å². The maximum Gasteiger partial charge on any atom is 0.312 e. The predicted octanol–water partition coefficient (Wildman–Crippen LogP) is 24.9. The van der Waals surface area contributed by atoms with Crippen LogP contribution < -0.4 is 0 Å². The fourth-order valence-corrected chi connectivity index (χ4v) is 12.7. The van der Waals surface area contributed by atoms with Gasteiger partial charge in [-0.05, 0) is 25.7 Å². The fourth-order valence-electron chi connectivity index (χ4n) is 11.4. The summed E-state index contributed by atoms with van der Waals surface area (Å²) in [6, 6.07) is 0. The molecular weight excluding hydrogens is 937 g/mol. The van der Waals surface area contributed by atoms with Gasteiger partial charge in [0.05, 0.1) is 25.0 Å². The molecule has 0 aliphatic carbocycles. The van der Waals surface area contributed by atoms with Gasteiger partial charge >= 0.3 is 11.9 Å². The van der Waals surface area contributed by atoms with Crippen LogP contribution in [0.1, 0.15) is 407 Å². The second-order valence-corrected chi connectivity index (χ2v) is 25.4. The first-order valence-corrected chi connectivity index (χ1v) is 36.1. The van der Waals surface area contributed by atoms with Crippen molar-refractivity contribution in [2.45, 2.75) is 407 Å². The molecule has 0 N–H and O–H groups in total. The molecule has 0 aromatic carbocycles. The summed E-state index contributed by atoms with van der Waals surface area (Å²) >= 11 is 1.82.